The van der Waals surface area contributed by atoms with Gasteiger partial charge in [0.1, 0.15) is 0 Å². The molecule has 0 saturated heterocycles. The van der Waals surface area contributed by atoms with Crippen molar-refractivity contribution < 1.29 is 0 Å². The van der Waals surface area contributed by atoms with E-state index in [0.717, 1.165) is 6.54 Å². The van der Waals surface area contributed by atoms with Gasteiger partial charge < -0.3 is 5.32 Å². The molecule has 1 rings (SSSR count). The van der Waals surface area contributed by atoms with Crippen molar-refractivity contribution in [2.45, 2.75) is 27.3 Å². The van der Waals surface area contributed by atoms with Gasteiger partial charge in [-0.3, -0.25) is 0 Å². The quantitative estimate of drug-likeness (QED) is 0.782. The Labute approximate surface area is 87.6 Å². The zero-order chi connectivity index (χ0) is 11.2. The lowest BCUT2D eigenvalue weighted by atomic mass is 10.2. The van der Waals surface area contributed by atoms with Crippen LogP contribution >= 0.6 is 0 Å². The monoisotopic (exact) mass is 192 g/mol. The van der Waals surface area contributed by atoms with Crippen molar-refractivity contribution in [1.82, 2.24) is 5.32 Å². The van der Waals surface area contributed by atoms with Gasteiger partial charge in [-0.1, -0.05) is 44.2 Å². The molecule has 0 heterocycles. The topological polar surface area (TPSA) is 35.8 Å². The predicted octanol–water partition coefficient (Wildman–Crippen LogP) is 2.96. The van der Waals surface area contributed by atoms with Gasteiger partial charge in [0.25, 0.3) is 0 Å². The van der Waals surface area contributed by atoms with Gasteiger partial charge in [0.15, 0.2) is 0 Å². The highest BCUT2D eigenvalue weighted by atomic mass is 14.8. The van der Waals surface area contributed by atoms with Gasteiger partial charge in [0, 0.05) is 13.5 Å². The first-order valence-corrected chi connectivity index (χ1v) is 4.84. The summed E-state index contributed by atoms with van der Waals surface area (Å²) >= 11 is 0. The molecule has 0 bridgehead atoms. The Kier molecular flexibility index (Phi) is 15.4. The summed E-state index contributed by atoms with van der Waals surface area (Å²) in [7, 11) is 1.95. The Bertz CT molecular complexity index is 224. The van der Waals surface area contributed by atoms with E-state index >= 15 is 0 Å². The summed E-state index contributed by atoms with van der Waals surface area (Å²) in [6.45, 7) is 6.39. The summed E-state index contributed by atoms with van der Waals surface area (Å²) in [5, 5.41) is 10.4. The molecule has 2 heteroatoms. The van der Waals surface area contributed by atoms with Crippen LogP contribution in [0, 0.1) is 11.3 Å². The highest BCUT2D eigenvalue weighted by molar-refractivity contribution is 5.13. The summed E-state index contributed by atoms with van der Waals surface area (Å²) in [6, 6.07) is 12.1. The van der Waals surface area contributed by atoms with E-state index in [1.54, 1.807) is 6.07 Å². The SMILES string of the molecule is CC.CC#N.CNCc1ccccc1. The fourth-order valence-electron chi connectivity index (χ4n) is 0.800. The van der Waals surface area contributed by atoms with Gasteiger partial charge in [-0.15, -0.1) is 0 Å². The standard InChI is InChI=1S/C8H11N.C2H3N.C2H6/c1-9-7-8-5-3-2-4-6-8;1-2-3;1-2/h2-6,9H,7H2,1H3;1H3;1-2H3. The molecular weight excluding hydrogens is 172 g/mol. The minimum absolute atomic E-state index is 0.959. The maximum atomic E-state index is 7.32. The zero-order valence-electron chi connectivity index (χ0n) is 9.54. The van der Waals surface area contributed by atoms with Crippen molar-refractivity contribution in [2.75, 3.05) is 7.05 Å². The van der Waals surface area contributed by atoms with E-state index in [4.69, 9.17) is 5.26 Å². The molecule has 0 radical (unpaired) electrons. The lowest BCUT2D eigenvalue weighted by Gasteiger charge is -1.95. The summed E-state index contributed by atoms with van der Waals surface area (Å²) in [6.07, 6.45) is 0. The molecule has 0 aromatic heterocycles. The third kappa shape index (κ3) is 10.7. The van der Waals surface area contributed by atoms with Crippen molar-refractivity contribution in [3.8, 4) is 6.07 Å². The Morgan fingerprint density at radius 1 is 1.21 bits per heavy atom. The van der Waals surface area contributed by atoms with Crippen molar-refractivity contribution in [1.29, 1.82) is 5.26 Å². The average Bonchev–Trinajstić information content (AvgIpc) is 2.24. The zero-order valence-corrected chi connectivity index (χ0v) is 9.54. The molecule has 0 spiro atoms. The molecule has 0 unspecified atom stereocenters. The first kappa shape index (κ1) is 15.2. The minimum atomic E-state index is 0.959. The third-order valence-corrected chi connectivity index (χ3v) is 1.22. The Hall–Kier alpha value is -1.33. The van der Waals surface area contributed by atoms with Crippen molar-refractivity contribution in [2.24, 2.45) is 0 Å². The number of benzene rings is 1. The maximum Gasteiger partial charge on any atom is 0.0587 e. The maximum absolute atomic E-state index is 7.32. The molecule has 2 nitrogen and oxygen atoms in total. The number of hydrogen-bond donors (Lipinski definition) is 1. The van der Waals surface area contributed by atoms with Crippen LogP contribution in [0.15, 0.2) is 30.3 Å². The van der Waals surface area contributed by atoms with Crippen LogP contribution in [0.25, 0.3) is 0 Å². The van der Waals surface area contributed by atoms with Crippen molar-refractivity contribution in [3.63, 3.8) is 0 Å². The minimum Gasteiger partial charge on any atom is -0.316 e. The molecule has 0 aliphatic rings. The van der Waals surface area contributed by atoms with E-state index in [9.17, 15) is 0 Å². The molecular formula is C12H20N2. The van der Waals surface area contributed by atoms with Crippen molar-refractivity contribution >= 4 is 0 Å². The van der Waals surface area contributed by atoms with Crippen LogP contribution in [0.2, 0.25) is 0 Å². The normalized spacial score (nSPS) is 7.07. The molecule has 0 saturated carbocycles. The fraction of sp³-hybridized carbons (Fsp3) is 0.417. The van der Waals surface area contributed by atoms with E-state index in [1.807, 2.05) is 39.1 Å². The molecule has 78 valence electrons. The van der Waals surface area contributed by atoms with Gasteiger partial charge in [-0.25, -0.2) is 0 Å². The van der Waals surface area contributed by atoms with Gasteiger partial charge in [0.2, 0.25) is 0 Å². The number of hydrogen-bond acceptors (Lipinski definition) is 2. The van der Waals surface area contributed by atoms with Crippen molar-refractivity contribution in [3.05, 3.63) is 35.9 Å². The summed E-state index contributed by atoms with van der Waals surface area (Å²) in [5.74, 6) is 0. The molecule has 0 aliphatic heterocycles. The van der Waals surface area contributed by atoms with E-state index in [0.29, 0.717) is 0 Å². The lowest BCUT2D eigenvalue weighted by Crippen LogP contribution is -2.04. The van der Waals surface area contributed by atoms with E-state index in [-0.39, 0.29) is 0 Å². The van der Waals surface area contributed by atoms with Gasteiger partial charge in [0.05, 0.1) is 6.07 Å². The summed E-state index contributed by atoms with van der Waals surface area (Å²) in [4.78, 5) is 0. The van der Waals surface area contributed by atoms with Gasteiger partial charge in [-0.05, 0) is 12.6 Å². The van der Waals surface area contributed by atoms with E-state index in [2.05, 4.69) is 17.4 Å². The molecule has 1 N–H and O–H groups in total. The van der Waals surface area contributed by atoms with Crippen LogP contribution in [0.3, 0.4) is 0 Å². The van der Waals surface area contributed by atoms with Crippen LogP contribution in [0.5, 0.6) is 0 Å². The summed E-state index contributed by atoms with van der Waals surface area (Å²) < 4.78 is 0. The van der Waals surface area contributed by atoms with Crippen LogP contribution in [-0.4, -0.2) is 7.05 Å². The third-order valence-electron chi connectivity index (χ3n) is 1.22. The highest BCUT2D eigenvalue weighted by Crippen LogP contribution is 1.95. The second kappa shape index (κ2) is 14.2. The molecule has 0 aliphatic carbocycles. The Morgan fingerprint density at radius 2 is 1.64 bits per heavy atom. The molecule has 0 amide bonds. The van der Waals surface area contributed by atoms with Crippen LogP contribution in [0.4, 0.5) is 0 Å². The van der Waals surface area contributed by atoms with Crippen LogP contribution in [0.1, 0.15) is 26.3 Å². The second-order valence-electron chi connectivity index (χ2n) is 2.24. The number of rotatable bonds is 2. The number of nitriles is 1. The fourth-order valence-corrected chi connectivity index (χ4v) is 0.800. The largest absolute Gasteiger partial charge is 0.316 e. The van der Waals surface area contributed by atoms with Gasteiger partial charge >= 0.3 is 0 Å². The molecule has 1 aromatic carbocycles. The number of nitrogens with zero attached hydrogens (tertiary/aromatic N) is 1. The molecule has 0 fully saturated rings. The number of nitrogens with one attached hydrogen (secondary N) is 1. The van der Waals surface area contributed by atoms with Crippen LogP contribution in [-0.2, 0) is 6.54 Å². The van der Waals surface area contributed by atoms with Crippen LogP contribution < -0.4 is 5.32 Å². The second-order valence-corrected chi connectivity index (χ2v) is 2.24. The average molecular weight is 192 g/mol. The Morgan fingerprint density at radius 3 is 2.00 bits per heavy atom. The van der Waals surface area contributed by atoms with E-state index < -0.39 is 0 Å². The molecule has 1 aromatic rings. The van der Waals surface area contributed by atoms with Gasteiger partial charge in [-0.2, -0.15) is 5.26 Å². The molecule has 0 atom stereocenters. The highest BCUT2D eigenvalue weighted by Gasteiger charge is 1.83. The Balaban J connectivity index is 0. The predicted molar refractivity (Wildman–Crippen MR) is 61.8 cm³/mol. The molecule has 14 heavy (non-hydrogen) atoms. The lowest BCUT2D eigenvalue weighted by molar-refractivity contribution is 0.818. The smallest absolute Gasteiger partial charge is 0.0587 e. The van der Waals surface area contributed by atoms with E-state index in [1.165, 1.54) is 12.5 Å². The summed E-state index contributed by atoms with van der Waals surface area (Å²) in [5.41, 5.74) is 1.33. The first-order valence-electron chi connectivity index (χ1n) is 4.84. The first-order chi connectivity index (χ1) is 6.85.